The first kappa shape index (κ1) is 12.7. The van der Waals surface area contributed by atoms with Gasteiger partial charge in [0.05, 0.1) is 5.92 Å². The molecule has 2 aromatic rings. The fraction of sp³-hybridized carbons (Fsp3) is 0.167. The van der Waals surface area contributed by atoms with Crippen molar-refractivity contribution in [2.24, 2.45) is 5.92 Å². The van der Waals surface area contributed by atoms with E-state index >= 15 is 0 Å². The molecule has 2 aromatic carbocycles. The summed E-state index contributed by atoms with van der Waals surface area (Å²) in [5.41, 5.74) is 2.06. The zero-order valence-electron chi connectivity index (χ0n) is 11.2. The number of rotatable bonds is 3. The molecule has 0 radical (unpaired) electrons. The summed E-state index contributed by atoms with van der Waals surface area (Å²) in [6.07, 6.45) is 5.05. The van der Waals surface area contributed by atoms with Crippen LogP contribution in [0.25, 0.3) is 0 Å². The highest BCUT2D eigenvalue weighted by atomic mass is 16.1. The standard InChI is InChI=1S/C18H17NO/c20-18(19-15-10-5-2-6-11-15)17-13-7-12-16(17)14-8-3-1-4-9-14/h1-12,16-17H,13H2,(H,19,20). The Labute approximate surface area is 119 Å². The molecule has 2 unspecified atom stereocenters. The molecule has 0 bridgehead atoms. The van der Waals surface area contributed by atoms with Crippen molar-refractivity contribution in [2.75, 3.05) is 5.32 Å². The number of nitrogens with one attached hydrogen (secondary N) is 1. The van der Waals surface area contributed by atoms with Gasteiger partial charge in [-0.2, -0.15) is 0 Å². The van der Waals surface area contributed by atoms with Crippen LogP contribution in [0.4, 0.5) is 5.69 Å². The second kappa shape index (κ2) is 5.74. The minimum absolute atomic E-state index is 0.0161. The third-order valence-electron chi connectivity index (χ3n) is 3.73. The number of anilines is 1. The zero-order chi connectivity index (χ0) is 13.8. The van der Waals surface area contributed by atoms with E-state index in [-0.39, 0.29) is 17.7 Å². The number of benzene rings is 2. The highest BCUT2D eigenvalue weighted by Gasteiger charge is 2.30. The number of carbonyl (C=O) groups excluding carboxylic acids is 1. The normalized spacial score (nSPS) is 20.8. The molecule has 2 heteroatoms. The van der Waals surface area contributed by atoms with Gasteiger partial charge in [0.2, 0.25) is 5.91 Å². The van der Waals surface area contributed by atoms with Crippen molar-refractivity contribution in [1.29, 1.82) is 0 Å². The summed E-state index contributed by atoms with van der Waals surface area (Å²) in [6.45, 7) is 0. The number of carbonyl (C=O) groups is 1. The summed E-state index contributed by atoms with van der Waals surface area (Å²) < 4.78 is 0. The molecule has 2 atom stereocenters. The summed E-state index contributed by atoms with van der Waals surface area (Å²) >= 11 is 0. The fourth-order valence-corrected chi connectivity index (χ4v) is 2.70. The lowest BCUT2D eigenvalue weighted by atomic mass is 9.88. The number of allylic oxidation sites excluding steroid dienone is 2. The smallest absolute Gasteiger partial charge is 0.228 e. The van der Waals surface area contributed by atoms with Gasteiger partial charge >= 0.3 is 0 Å². The van der Waals surface area contributed by atoms with Crippen molar-refractivity contribution in [3.63, 3.8) is 0 Å². The number of hydrogen-bond donors (Lipinski definition) is 1. The summed E-state index contributed by atoms with van der Waals surface area (Å²) in [5, 5.41) is 3.00. The van der Waals surface area contributed by atoms with Crippen molar-refractivity contribution in [3.8, 4) is 0 Å². The van der Waals surface area contributed by atoms with Crippen LogP contribution in [0.15, 0.2) is 72.8 Å². The minimum atomic E-state index is -0.0161. The molecule has 1 aliphatic rings. The average molecular weight is 263 g/mol. The topological polar surface area (TPSA) is 29.1 Å². The lowest BCUT2D eigenvalue weighted by Gasteiger charge is -2.19. The van der Waals surface area contributed by atoms with Crippen LogP contribution in [0, 0.1) is 5.92 Å². The highest BCUT2D eigenvalue weighted by molar-refractivity contribution is 5.93. The summed E-state index contributed by atoms with van der Waals surface area (Å²) in [7, 11) is 0. The van der Waals surface area contributed by atoms with Crippen LogP contribution in [-0.2, 0) is 4.79 Å². The average Bonchev–Trinajstić information content (AvgIpc) is 2.99. The zero-order valence-corrected chi connectivity index (χ0v) is 11.2. The molecular weight excluding hydrogens is 246 g/mol. The third-order valence-corrected chi connectivity index (χ3v) is 3.73. The molecule has 20 heavy (non-hydrogen) atoms. The van der Waals surface area contributed by atoms with Gasteiger partial charge in [-0.05, 0) is 24.1 Å². The molecule has 0 spiro atoms. The van der Waals surface area contributed by atoms with Gasteiger partial charge < -0.3 is 5.32 Å². The van der Waals surface area contributed by atoms with E-state index in [2.05, 4.69) is 29.6 Å². The van der Waals surface area contributed by atoms with E-state index in [0.717, 1.165) is 12.1 Å². The number of hydrogen-bond acceptors (Lipinski definition) is 1. The van der Waals surface area contributed by atoms with Crippen molar-refractivity contribution in [2.45, 2.75) is 12.3 Å². The second-order valence-electron chi connectivity index (χ2n) is 5.06. The van der Waals surface area contributed by atoms with Gasteiger partial charge in [-0.3, -0.25) is 4.79 Å². The first-order valence-electron chi connectivity index (χ1n) is 6.92. The molecule has 0 saturated heterocycles. The van der Waals surface area contributed by atoms with Crippen molar-refractivity contribution in [1.82, 2.24) is 0 Å². The second-order valence-corrected chi connectivity index (χ2v) is 5.06. The van der Waals surface area contributed by atoms with Crippen molar-refractivity contribution in [3.05, 3.63) is 78.4 Å². The van der Waals surface area contributed by atoms with Gasteiger partial charge in [-0.15, -0.1) is 0 Å². The Hall–Kier alpha value is -2.35. The summed E-state index contributed by atoms with van der Waals surface area (Å²) in [5.74, 6) is 0.257. The molecule has 1 aliphatic carbocycles. The van der Waals surface area contributed by atoms with Gasteiger partial charge in [0.15, 0.2) is 0 Å². The molecule has 0 aromatic heterocycles. The predicted molar refractivity (Wildman–Crippen MR) is 81.5 cm³/mol. The molecular formula is C18H17NO. The molecule has 100 valence electrons. The first-order chi connectivity index (χ1) is 9.84. The van der Waals surface area contributed by atoms with Crippen LogP contribution in [0.1, 0.15) is 17.9 Å². The van der Waals surface area contributed by atoms with Gasteiger partial charge in [0.1, 0.15) is 0 Å². The maximum atomic E-state index is 12.4. The van der Waals surface area contributed by atoms with Crippen LogP contribution in [0.2, 0.25) is 0 Å². The van der Waals surface area contributed by atoms with E-state index in [9.17, 15) is 4.79 Å². The van der Waals surface area contributed by atoms with Gasteiger partial charge in [0, 0.05) is 11.6 Å². The number of para-hydroxylation sites is 1. The molecule has 3 rings (SSSR count). The van der Waals surface area contributed by atoms with Crippen LogP contribution in [0.5, 0.6) is 0 Å². The molecule has 1 amide bonds. The van der Waals surface area contributed by atoms with E-state index in [1.54, 1.807) is 0 Å². The highest BCUT2D eigenvalue weighted by Crippen LogP contribution is 2.34. The SMILES string of the molecule is O=C(Nc1ccccc1)C1CC=CC1c1ccccc1. The maximum Gasteiger partial charge on any atom is 0.228 e. The molecule has 0 saturated carbocycles. The largest absolute Gasteiger partial charge is 0.326 e. The van der Waals surface area contributed by atoms with Crippen LogP contribution in [0.3, 0.4) is 0 Å². The maximum absolute atomic E-state index is 12.4. The lowest BCUT2D eigenvalue weighted by Crippen LogP contribution is -2.25. The summed E-state index contributed by atoms with van der Waals surface area (Å²) in [4.78, 5) is 12.4. The Kier molecular flexibility index (Phi) is 3.64. The van der Waals surface area contributed by atoms with Crippen molar-refractivity contribution >= 4 is 11.6 Å². The lowest BCUT2D eigenvalue weighted by molar-refractivity contribution is -0.119. The Morgan fingerprint density at radius 3 is 2.30 bits per heavy atom. The number of amides is 1. The molecule has 0 aliphatic heterocycles. The Morgan fingerprint density at radius 1 is 0.950 bits per heavy atom. The molecule has 0 heterocycles. The quantitative estimate of drug-likeness (QED) is 0.834. The Balaban J connectivity index is 1.75. The predicted octanol–water partition coefficient (Wildman–Crippen LogP) is 3.99. The van der Waals surface area contributed by atoms with Crippen molar-refractivity contribution < 1.29 is 4.79 Å². The molecule has 2 nitrogen and oxygen atoms in total. The van der Waals surface area contributed by atoms with Crippen LogP contribution < -0.4 is 5.32 Å². The first-order valence-corrected chi connectivity index (χ1v) is 6.92. The van der Waals surface area contributed by atoms with E-state index in [4.69, 9.17) is 0 Å². The van der Waals surface area contributed by atoms with Gasteiger partial charge in [0.25, 0.3) is 0 Å². The van der Waals surface area contributed by atoms with E-state index in [0.29, 0.717) is 0 Å². The Bertz CT molecular complexity index is 604. The van der Waals surface area contributed by atoms with Gasteiger partial charge in [-0.1, -0.05) is 60.7 Å². The Morgan fingerprint density at radius 2 is 1.60 bits per heavy atom. The monoisotopic (exact) mass is 263 g/mol. The van der Waals surface area contributed by atoms with Crippen LogP contribution >= 0.6 is 0 Å². The fourth-order valence-electron chi connectivity index (χ4n) is 2.70. The molecule has 1 N–H and O–H groups in total. The van der Waals surface area contributed by atoms with Gasteiger partial charge in [-0.25, -0.2) is 0 Å². The van der Waals surface area contributed by atoms with E-state index in [1.807, 2.05) is 48.5 Å². The van der Waals surface area contributed by atoms with Crippen LogP contribution in [-0.4, -0.2) is 5.91 Å². The summed E-state index contributed by atoms with van der Waals surface area (Å²) in [6, 6.07) is 19.8. The minimum Gasteiger partial charge on any atom is -0.326 e. The van der Waals surface area contributed by atoms with E-state index < -0.39 is 0 Å². The third kappa shape index (κ3) is 2.64. The van der Waals surface area contributed by atoms with E-state index in [1.165, 1.54) is 5.56 Å². The molecule has 0 fully saturated rings.